The molecule has 0 atom stereocenters. The number of carbonyl (C=O) groups excluding carboxylic acids is 1. The van der Waals surface area contributed by atoms with Crippen LogP contribution < -0.4 is 9.47 Å². The zero-order valence-corrected chi connectivity index (χ0v) is 17.4. The number of aromatic nitrogens is 2. The molecule has 8 nitrogen and oxygen atoms in total. The zero-order valence-electron chi connectivity index (χ0n) is 16.6. The summed E-state index contributed by atoms with van der Waals surface area (Å²) in [6, 6.07) is 7.22. The highest BCUT2D eigenvalue weighted by atomic mass is 32.2. The third-order valence-corrected chi connectivity index (χ3v) is 7.90. The molecule has 1 saturated heterocycles. The van der Waals surface area contributed by atoms with Crippen molar-refractivity contribution in [2.24, 2.45) is 5.92 Å². The number of aromatic amines is 1. The van der Waals surface area contributed by atoms with E-state index in [0.29, 0.717) is 48.8 Å². The van der Waals surface area contributed by atoms with Gasteiger partial charge in [0, 0.05) is 18.7 Å². The summed E-state index contributed by atoms with van der Waals surface area (Å²) in [4.78, 5) is 14.5. The minimum atomic E-state index is -3.11. The van der Waals surface area contributed by atoms with Crippen molar-refractivity contribution in [2.45, 2.75) is 31.9 Å². The number of ether oxygens (including phenoxy) is 2. The molecular weight excluding hydrogens is 394 g/mol. The number of carbonyl (C=O) groups is 1. The fraction of sp³-hybridized carbons (Fsp3) is 0.500. The standard InChI is InChI=1S/C20H25N3O5S/c1-13(2)11-29(25,26)15-5-7-23(8-6-15)20(24)17-10-16(21-22-17)14-3-4-18-19(9-14)28-12-27-18/h3-4,9-10,13,15H,5-8,11-12H2,1-2H3,(H,21,22). The molecule has 0 aliphatic carbocycles. The minimum Gasteiger partial charge on any atom is -0.454 e. The number of nitrogens with one attached hydrogen (secondary N) is 1. The van der Waals surface area contributed by atoms with Crippen molar-refractivity contribution < 1.29 is 22.7 Å². The first-order valence-corrected chi connectivity index (χ1v) is 11.5. The molecule has 29 heavy (non-hydrogen) atoms. The summed E-state index contributed by atoms with van der Waals surface area (Å²) >= 11 is 0. The Kier molecular flexibility index (Phi) is 5.24. The van der Waals surface area contributed by atoms with Crippen molar-refractivity contribution in [1.82, 2.24) is 15.1 Å². The van der Waals surface area contributed by atoms with E-state index < -0.39 is 9.84 Å². The van der Waals surface area contributed by atoms with Crippen LogP contribution in [0.4, 0.5) is 0 Å². The number of amides is 1. The number of rotatable bonds is 5. The molecule has 0 unspecified atom stereocenters. The third kappa shape index (κ3) is 4.10. The van der Waals surface area contributed by atoms with Gasteiger partial charge in [-0.25, -0.2) is 8.42 Å². The Bertz CT molecular complexity index is 1010. The second-order valence-electron chi connectivity index (χ2n) is 7.95. The Morgan fingerprint density at radius 3 is 2.66 bits per heavy atom. The van der Waals surface area contributed by atoms with E-state index in [1.807, 2.05) is 32.0 Å². The van der Waals surface area contributed by atoms with Crippen molar-refractivity contribution in [3.05, 3.63) is 30.0 Å². The molecule has 1 N–H and O–H groups in total. The predicted molar refractivity (Wildman–Crippen MR) is 108 cm³/mol. The van der Waals surface area contributed by atoms with Crippen LogP contribution in [0.15, 0.2) is 24.3 Å². The third-order valence-electron chi connectivity index (χ3n) is 5.28. The smallest absolute Gasteiger partial charge is 0.271 e. The van der Waals surface area contributed by atoms with E-state index in [9.17, 15) is 13.2 Å². The SMILES string of the molecule is CC(C)CS(=O)(=O)C1CCN(C(=O)c2cc(-c3ccc4c(c3)OCO4)n[nH]2)CC1. The molecule has 2 aliphatic rings. The number of fused-ring (bicyclic) bond motifs is 1. The van der Waals surface area contributed by atoms with Gasteiger partial charge in [-0.3, -0.25) is 9.89 Å². The van der Waals surface area contributed by atoms with Crippen LogP contribution in [0.3, 0.4) is 0 Å². The molecule has 2 aromatic rings. The number of likely N-dealkylation sites (tertiary alicyclic amines) is 1. The monoisotopic (exact) mass is 419 g/mol. The Morgan fingerprint density at radius 1 is 1.21 bits per heavy atom. The van der Waals surface area contributed by atoms with Crippen LogP contribution >= 0.6 is 0 Å². The minimum absolute atomic E-state index is 0.110. The lowest BCUT2D eigenvalue weighted by Crippen LogP contribution is -2.43. The molecule has 9 heteroatoms. The number of piperidine rings is 1. The van der Waals surface area contributed by atoms with Gasteiger partial charge in [-0.1, -0.05) is 13.8 Å². The Morgan fingerprint density at radius 2 is 1.93 bits per heavy atom. The van der Waals surface area contributed by atoms with E-state index in [2.05, 4.69) is 10.2 Å². The molecule has 1 amide bonds. The van der Waals surface area contributed by atoms with E-state index >= 15 is 0 Å². The molecule has 1 aromatic carbocycles. The normalized spacial score (nSPS) is 17.1. The number of nitrogens with zero attached hydrogens (tertiary/aromatic N) is 2. The largest absolute Gasteiger partial charge is 0.454 e. The summed E-state index contributed by atoms with van der Waals surface area (Å²) in [7, 11) is -3.11. The maximum absolute atomic E-state index is 12.8. The molecule has 1 aromatic heterocycles. The predicted octanol–water partition coefficient (Wildman–Crippen LogP) is 2.48. The highest BCUT2D eigenvalue weighted by Gasteiger charge is 2.32. The van der Waals surface area contributed by atoms with Gasteiger partial charge in [0.1, 0.15) is 5.69 Å². The molecule has 4 rings (SSSR count). The van der Waals surface area contributed by atoms with Gasteiger partial charge in [-0.15, -0.1) is 0 Å². The van der Waals surface area contributed by atoms with Crippen molar-refractivity contribution in [2.75, 3.05) is 25.6 Å². The topological polar surface area (TPSA) is 102 Å². The first-order chi connectivity index (χ1) is 13.8. The van der Waals surface area contributed by atoms with E-state index in [1.54, 1.807) is 11.0 Å². The lowest BCUT2D eigenvalue weighted by atomic mass is 10.1. The second kappa shape index (κ2) is 7.70. The maximum Gasteiger partial charge on any atom is 0.271 e. The van der Waals surface area contributed by atoms with Crippen LogP contribution in [-0.2, 0) is 9.84 Å². The highest BCUT2D eigenvalue weighted by Crippen LogP contribution is 2.35. The molecule has 2 aliphatic heterocycles. The quantitative estimate of drug-likeness (QED) is 0.799. The first-order valence-electron chi connectivity index (χ1n) is 9.80. The van der Waals surface area contributed by atoms with Gasteiger partial charge in [-0.05, 0) is 43.0 Å². The van der Waals surface area contributed by atoms with Gasteiger partial charge in [0.05, 0.1) is 16.7 Å². The van der Waals surface area contributed by atoms with Gasteiger partial charge in [0.25, 0.3) is 5.91 Å². The summed E-state index contributed by atoms with van der Waals surface area (Å²) in [5.41, 5.74) is 1.85. The van der Waals surface area contributed by atoms with Crippen LogP contribution in [0.5, 0.6) is 11.5 Å². The Balaban J connectivity index is 1.41. The molecule has 156 valence electrons. The van der Waals surface area contributed by atoms with Crippen molar-refractivity contribution in [3.63, 3.8) is 0 Å². The maximum atomic E-state index is 12.8. The fourth-order valence-corrected chi connectivity index (χ4v) is 5.95. The van der Waals surface area contributed by atoms with E-state index in [0.717, 1.165) is 5.56 Å². The van der Waals surface area contributed by atoms with E-state index in [4.69, 9.17) is 9.47 Å². The molecule has 0 bridgehead atoms. The molecule has 0 spiro atoms. The van der Waals surface area contributed by atoms with Crippen LogP contribution in [0.25, 0.3) is 11.3 Å². The molecular formula is C20H25N3O5S. The molecule has 0 saturated carbocycles. The van der Waals surface area contributed by atoms with Gasteiger partial charge < -0.3 is 14.4 Å². The van der Waals surface area contributed by atoms with E-state index in [-0.39, 0.29) is 29.6 Å². The lowest BCUT2D eigenvalue weighted by molar-refractivity contribution is 0.0719. The molecule has 0 radical (unpaired) electrons. The van der Waals surface area contributed by atoms with Crippen molar-refractivity contribution in [3.8, 4) is 22.8 Å². The number of hydrogen-bond donors (Lipinski definition) is 1. The highest BCUT2D eigenvalue weighted by molar-refractivity contribution is 7.92. The number of H-pyrrole nitrogens is 1. The fourth-order valence-electron chi connectivity index (χ4n) is 3.82. The molecule has 1 fully saturated rings. The molecule has 3 heterocycles. The van der Waals surface area contributed by atoms with Crippen LogP contribution in [0, 0.1) is 5.92 Å². The summed E-state index contributed by atoms with van der Waals surface area (Å²) < 4.78 is 35.6. The summed E-state index contributed by atoms with van der Waals surface area (Å²) in [6.07, 6.45) is 0.952. The van der Waals surface area contributed by atoms with Gasteiger partial charge >= 0.3 is 0 Å². The summed E-state index contributed by atoms with van der Waals surface area (Å²) in [5.74, 6) is 1.49. The van der Waals surface area contributed by atoms with E-state index in [1.165, 1.54) is 0 Å². The first kappa shape index (κ1) is 19.8. The number of sulfone groups is 1. The van der Waals surface area contributed by atoms with Gasteiger partial charge in [-0.2, -0.15) is 5.10 Å². The average molecular weight is 420 g/mol. The second-order valence-corrected chi connectivity index (χ2v) is 10.3. The summed E-state index contributed by atoms with van der Waals surface area (Å²) in [6.45, 7) is 4.88. The van der Waals surface area contributed by atoms with Gasteiger partial charge in [0.2, 0.25) is 6.79 Å². The average Bonchev–Trinajstić information content (AvgIpc) is 3.35. The van der Waals surface area contributed by atoms with Crippen LogP contribution in [0.1, 0.15) is 37.2 Å². The number of hydrogen-bond acceptors (Lipinski definition) is 6. The Hall–Kier alpha value is -2.55. The summed E-state index contributed by atoms with van der Waals surface area (Å²) in [5, 5.41) is 6.69. The Labute approximate surface area is 170 Å². The van der Waals surface area contributed by atoms with Gasteiger partial charge in [0.15, 0.2) is 21.3 Å². The number of benzene rings is 1. The zero-order chi connectivity index (χ0) is 20.6. The lowest BCUT2D eigenvalue weighted by Gasteiger charge is -2.31. The van der Waals surface area contributed by atoms with Crippen LogP contribution in [-0.4, -0.2) is 60.3 Å². The van der Waals surface area contributed by atoms with Crippen LogP contribution in [0.2, 0.25) is 0 Å². The van der Waals surface area contributed by atoms with Crippen molar-refractivity contribution >= 4 is 15.7 Å². The van der Waals surface area contributed by atoms with Crippen molar-refractivity contribution in [1.29, 1.82) is 0 Å².